The van der Waals surface area contributed by atoms with Gasteiger partial charge in [-0.05, 0) is 54.4 Å². The van der Waals surface area contributed by atoms with Gasteiger partial charge >= 0.3 is 0 Å². The number of anilines is 1. The summed E-state index contributed by atoms with van der Waals surface area (Å²) in [4.78, 5) is 34.9. The number of nitrogens with zero attached hydrogens (tertiary/aromatic N) is 5. The van der Waals surface area contributed by atoms with Gasteiger partial charge in [0.25, 0.3) is 5.91 Å². The Morgan fingerprint density at radius 3 is 2.92 bits per heavy atom. The van der Waals surface area contributed by atoms with E-state index in [1.54, 1.807) is 48.2 Å². The molecule has 0 spiro atoms. The highest BCUT2D eigenvalue weighted by atomic mass is 16.2. The number of H-pyrrole nitrogens is 1. The third-order valence-corrected chi connectivity index (χ3v) is 6.78. The van der Waals surface area contributed by atoms with Crippen LogP contribution in [0.1, 0.15) is 44.6 Å². The summed E-state index contributed by atoms with van der Waals surface area (Å²) >= 11 is 0. The molecule has 6 rings (SSSR count). The van der Waals surface area contributed by atoms with Crippen molar-refractivity contribution >= 4 is 34.1 Å². The smallest absolute Gasteiger partial charge is 0.253 e. The van der Waals surface area contributed by atoms with Crippen molar-refractivity contribution in [2.45, 2.75) is 25.7 Å². The second-order valence-electron chi connectivity index (χ2n) is 9.02. The Labute approximate surface area is 210 Å². The standard InChI is InChI=1S/C27H25N7O2.2H2/c1-2-25(35)31-19-6-3-5-17(13-19)27(36)33-12-9-18(16-33)23-14-21-20(8-11-28-26(21)32-23)22-15-30-34-24(22)7-4-10-29-34;;/h3-8,10-11,13-15,18H,2,9,12,16H2,1H3,(H,28,32)(H,31,35);2*1H. The van der Waals surface area contributed by atoms with Crippen LogP contribution in [0.2, 0.25) is 0 Å². The van der Waals surface area contributed by atoms with Crippen molar-refractivity contribution < 1.29 is 12.4 Å². The molecule has 0 aliphatic carbocycles. The maximum atomic E-state index is 13.2. The minimum atomic E-state index is -0.0759. The molecule has 5 heterocycles. The van der Waals surface area contributed by atoms with Gasteiger partial charge in [0.15, 0.2) is 0 Å². The summed E-state index contributed by atoms with van der Waals surface area (Å²) in [5.41, 5.74) is 6.07. The number of pyridine rings is 1. The number of nitrogens with one attached hydrogen (secondary N) is 2. The van der Waals surface area contributed by atoms with E-state index in [4.69, 9.17) is 0 Å². The summed E-state index contributed by atoms with van der Waals surface area (Å²) in [6.07, 6.45) is 6.59. The van der Waals surface area contributed by atoms with Gasteiger partial charge in [0.05, 0.1) is 11.7 Å². The van der Waals surface area contributed by atoms with E-state index in [0.717, 1.165) is 39.8 Å². The van der Waals surface area contributed by atoms with E-state index in [1.165, 1.54) is 0 Å². The van der Waals surface area contributed by atoms with Crippen LogP contribution in [0.15, 0.2) is 67.1 Å². The molecule has 0 bridgehead atoms. The van der Waals surface area contributed by atoms with Crippen molar-refractivity contribution in [2.24, 2.45) is 0 Å². The summed E-state index contributed by atoms with van der Waals surface area (Å²) in [5.74, 6) is 0.0800. The summed E-state index contributed by atoms with van der Waals surface area (Å²) in [7, 11) is 0. The minimum absolute atomic E-state index is 0. The van der Waals surface area contributed by atoms with Crippen LogP contribution < -0.4 is 5.32 Å². The first-order valence-electron chi connectivity index (χ1n) is 12.1. The number of aromatic amines is 1. The Balaban J connectivity index is 0.00000168. The molecule has 2 amide bonds. The van der Waals surface area contributed by atoms with Crippen LogP contribution in [-0.4, -0.2) is 54.6 Å². The van der Waals surface area contributed by atoms with E-state index in [2.05, 4.69) is 31.5 Å². The molecule has 1 atom stereocenters. The van der Waals surface area contributed by atoms with Gasteiger partial charge in [-0.1, -0.05) is 13.0 Å². The van der Waals surface area contributed by atoms with Crippen molar-refractivity contribution in [3.8, 4) is 11.1 Å². The number of likely N-dealkylation sites (tertiary alicyclic amines) is 1. The Hall–Kier alpha value is -4.53. The maximum Gasteiger partial charge on any atom is 0.253 e. The Morgan fingerprint density at radius 1 is 1.11 bits per heavy atom. The largest absolute Gasteiger partial charge is 0.343 e. The molecule has 9 nitrogen and oxygen atoms in total. The van der Waals surface area contributed by atoms with Crippen LogP contribution in [0.3, 0.4) is 0 Å². The average molecular weight is 484 g/mol. The predicted molar refractivity (Wildman–Crippen MR) is 141 cm³/mol. The van der Waals surface area contributed by atoms with Crippen molar-refractivity contribution in [2.75, 3.05) is 18.4 Å². The number of rotatable bonds is 5. The Morgan fingerprint density at radius 2 is 2.03 bits per heavy atom. The Bertz CT molecular complexity index is 1610. The first-order valence-corrected chi connectivity index (χ1v) is 12.1. The van der Waals surface area contributed by atoms with Gasteiger partial charge in [-0.25, -0.2) is 4.98 Å². The minimum Gasteiger partial charge on any atom is -0.343 e. The van der Waals surface area contributed by atoms with Crippen molar-refractivity contribution in [1.82, 2.24) is 29.7 Å². The van der Waals surface area contributed by atoms with Gasteiger partial charge < -0.3 is 15.2 Å². The fourth-order valence-electron chi connectivity index (χ4n) is 4.90. The zero-order valence-corrected chi connectivity index (χ0v) is 19.8. The number of carbonyl (C=O) groups excluding carboxylic acids is 2. The quantitative estimate of drug-likeness (QED) is 0.375. The van der Waals surface area contributed by atoms with Crippen molar-refractivity contribution in [3.05, 3.63) is 78.4 Å². The summed E-state index contributed by atoms with van der Waals surface area (Å²) in [6.45, 7) is 3.09. The normalized spacial score (nSPS) is 15.6. The molecule has 1 fully saturated rings. The molecule has 2 N–H and O–H groups in total. The van der Waals surface area contributed by atoms with E-state index in [1.807, 2.05) is 29.3 Å². The van der Waals surface area contributed by atoms with Crippen LogP contribution >= 0.6 is 0 Å². The zero-order valence-electron chi connectivity index (χ0n) is 19.8. The highest BCUT2D eigenvalue weighted by molar-refractivity contribution is 5.98. The SMILES string of the molecule is CCC(=O)Nc1cccc(C(=O)N2CCC(c3cc4c(-c5cnn6ncccc56)ccnc4[nH]3)C2)c1.[HH].[HH]. The van der Waals surface area contributed by atoms with E-state index in [-0.39, 0.29) is 20.6 Å². The van der Waals surface area contributed by atoms with Gasteiger partial charge in [0, 0.05) is 68.6 Å². The molecule has 1 unspecified atom stereocenters. The lowest BCUT2D eigenvalue weighted by molar-refractivity contribution is -0.115. The van der Waals surface area contributed by atoms with Crippen LogP contribution in [0.5, 0.6) is 0 Å². The number of hydrogen-bond donors (Lipinski definition) is 2. The molecule has 1 aliphatic heterocycles. The second kappa shape index (κ2) is 8.92. The molecule has 184 valence electrons. The van der Waals surface area contributed by atoms with Crippen molar-refractivity contribution in [3.63, 3.8) is 0 Å². The molecule has 36 heavy (non-hydrogen) atoms. The van der Waals surface area contributed by atoms with Gasteiger partial charge in [-0.2, -0.15) is 14.8 Å². The van der Waals surface area contributed by atoms with E-state index in [9.17, 15) is 9.59 Å². The van der Waals surface area contributed by atoms with Gasteiger partial charge in [0.2, 0.25) is 5.91 Å². The molecule has 1 aromatic carbocycles. The lowest BCUT2D eigenvalue weighted by Crippen LogP contribution is -2.28. The van der Waals surface area contributed by atoms with E-state index < -0.39 is 0 Å². The zero-order chi connectivity index (χ0) is 24.6. The number of benzene rings is 1. The third kappa shape index (κ3) is 3.88. The van der Waals surface area contributed by atoms with Crippen LogP contribution in [0.25, 0.3) is 27.7 Å². The fourth-order valence-corrected chi connectivity index (χ4v) is 4.90. The first-order chi connectivity index (χ1) is 17.6. The van der Waals surface area contributed by atoms with Crippen molar-refractivity contribution in [1.29, 1.82) is 0 Å². The lowest BCUT2D eigenvalue weighted by atomic mass is 10.0. The molecule has 1 aliphatic rings. The van der Waals surface area contributed by atoms with Crippen LogP contribution in [-0.2, 0) is 4.79 Å². The number of fused-ring (bicyclic) bond motifs is 2. The topological polar surface area (TPSA) is 108 Å². The summed E-state index contributed by atoms with van der Waals surface area (Å²) < 4.78 is 1.62. The van der Waals surface area contributed by atoms with E-state index >= 15 is 0 Å². The van der Waals surface area contributed by atoms with Crippen LogP contribution in [0.4, 0.5) is 5.69 Å². The Kier molecular flexibility index (Phi) is 5.44. The average Bonchev–Trinajstić information content (AvgIpc) is 3.66. The molecule has 5 aromatic rings. The van der Waals surface area contributed by atoms with Gasteiger partial charge in [-0.15, -0.1) is 0 Å². The van der Waals surface area contributed by atoms with Crippen LogP contribution in [0, 0.1) is 0 Å². The maximum absolute atomic E-state index is 13.2. The van der Waals surface area contributed by atoms with E-state index in [0.29, 0.717) is 30.8 Å². The number of carbonyl (C=O) groups is 2. The number of aromatic nitrogens is 5. The molecule has 4 aromatic heterocycles. The lowest BCUT2D eigenvalue weighted by Gasteiger charge is -2.17. The molecular weight excluding hydrogens is 454 g/mol. The third-order valence-electron chi connectivity index (χ3n) is 6.78. The molecule has 0 radical (unpaired) electrons. The summed E-state index contributed by atoms with van der Waals surface area (Å²) in [6, 6.07) is 15.2. The molecule has 0 saturated carbocycles. The highest BCUT2D eigenvalue weighted by Crippen LogP contribution is 2.35. The monoisotopic (exact) mass is 483 g/mol. The van der Waals surface area contributed by atoms with Gasteiger partial charge in [0.1, 0.15) is 5.65 Å². The highest BCUT2D eigenvalue weighted by Gasteiger charge is 2.29. The molecular formula is C27H29N7O2. The summed E-state index contributed by atoms with van der Waals surface area (Å²) in [5, 5.41) is 12.5. The van der Waals surface area contributed by atoms with Gasteiger partial charge in [-0.3, -0.25) is 9.59 Å². The molecule has 9 heteroatoms. The number of amides is 2. The fraction of sp³-hybridized carbons (Fsp3) is 0.222. The first kappa shape index (κ1) is 22.0. The second-order valence-corrected chi connectivity index (χ2v) is 9.02. The predicted octanol–water partition coefficient (Wildman–Crippen LogP) is 4.74. The number of hydrogen-bond acceptors (Lipinski definition) is 5. The molecule has 1 saturated heterocycles.